The van der Waals surface area contributed by atoms with Gasteiger partial charge in [-0.15, -0.1) is 0 Å². The van der Waals surface area contributed by atoms with E-state index >= 15 is 0 Å². The van der Waals surface area contributed by atoms with Crippen molar-refractivity contribution in [3.05, 3.63) is 12.2 Å². The first-order valence-electron chi connectivity index (χ1n) is 3.83. The molecule has 1 fully saturated rings. The maximum atomic E-state index is 9.89. The largest absolute Gasteiger partial charge is 0.392 e. The third-order valence-corrected chi connectivity index (χ3v) is 1.83. The quantitative estimate of drug-likeness (QED) is 0.453. The van der Waals surface area contributed by atoms with E-state index in [2.05, 4.69) is 4.90 Å². The second kappa shape index (κ2) is 4.26. The van der Waals surface area contributed by atoms with Crippen molar-refractivity contribution in [2.24, 2.45) is 0 Å². The minimum atomic E-state index is -0.167. The first-order chi connectivity index (χ1) is 5.33. The third-order valence-electron chi connectivity index (χ3n) is 1.83. The Morgan fingerprint density at radius 2 is 2.45 bits per heavy atom. The summed E-state index contributed by atoms with van der Waals surface area (Å²) in [5.41, 5.74) is 0. The van der Waals surface area contributed by atoms with Gasteiger partial charge in [0.1, 0.15) is 6.29 Å². The van der Waals surface area contributed by atoms with Crippen LogP contribution < -0.4 is 0 Å². The van der Waals surface area contributed by atoms with Gasteiger partial charge in [0.25, 0.3) is 0 Å². The number of allylic oxidation sites excluding steroid dienone is 1. The fraction of sp³-hybridized carbons (Fsp3) is 0.625. The van der Waals surface area contributed by atoms with Crippen molar-refractivity contribution in [1.82, 2.24) is 4.90 Å². The van der Waals surface area contributed by atoms with E-state index in [0.717, 1.165) is 32.3 Å². The molecule has 0 spiro atoms. The van der Waals surface area contributed by atoms with E-state index < -0.39 is 0 Å². The molecule has 11 heavy (non-hydrogen) atoms. The molecular formula is C8H13NO2. The average Bonchev–Trinajstić information content (AvgIpc) is 2.37. The maximum absolute atomic E-state index is 9.89. The minimum Gasteiger partial charge on any atom is -0.392 e. The summed E-state index contributed by atoms with van der Waals surface area (Å²) < 4.78 is 0. The average molecular weight is 155 g/mol. The number of aldehydes is 1. The summed E-state index contributed by atoms with van der Waals surface area (Å²) in [6.07, 6.45) is 4.76. The number of carbonyl (C=O) groups excluding carboxylic acids is 1. The van der Waals surface area contributed by atoms with Crippen molar-refractivity contribution in [2.75, 3.05) is 19.6 Å². The van der Waals surface area contributed by atoms with Gasteiger partial charge in [-0.05, 0) is 12.5 Å². The Kier molecular flexibility index (Phi) is 3.26. The zero-order valence-corrected chi connectivity index (χ0v) is 6.44. The maximum Gasteiger partial charge on any atom is 0.142 e. The number of rotatable bonds is 3. The van der Waals surface area contributed by atoms with Crippen molar-refractivity contribution in [3.8, 4) is 0 Å². The minimum absolute atomic E-state index is 0.167. The predicted molar refractivity (Wildman–Crippen MR) is 42.3 cm³/mol. The van der Waals surface area contributed by atoms with Crippen LogP contribution in [0.5, 0.6) is 0 Å². The van der Waals surface area contributed by atoms with Gasteiger partial charge in [-0.25, -0.2) is 0 Å². The first-order valence-corrected chi connectivity index (χ1v) is 3.83. The van der Waals surface area contributed by atoms with E-state index in [4.69, 9.17) is 5.11 Å². The summed E-state index contributed by atoms with van der Waals surface area (Å²) in [5, 5.41) is 9.12. The number of hydrogen-bond acceptors (Lipinski definition) is 3. The lowest BCUT2D eigenvalue weighted by molar-refractivity contribution is -0.104. The number of nitrogens with zero attached hydrogens (tertiary/aromatic N) is 1. The van der Waals surface area contributed by atoms with Crippen LogP contribution in [0.4, 0.5) is 0 Å². The second-order valence-electron chi connectivity index (χ2n) is 2.77. The highest BCUT2D eigenvalue weighted by molar-refractivity contribution is 5.64. The molecule has 0 saturated carbocycles. The van der Waals surface area contributed by atoms with Gasteiger partial charge in [-0.2, -0.15) is 0 Å². The number of carbonyl (C=O) groups is 1. The van der Waals surface area contributed by atoms with Gasteiger partial charge < -0.3 is 5.11 Å². The molecule has 0 amide bonds. The van der Waals surface area contributed by atoms with Crippen molar-refractivity contribution >= 4 is 6.29 Å². The van der Waals surface area contributed by atoms with Crippen LogP contribution in [-0.2, 0) is 4.79 Å². The van der Waals surface area contributed by atoms with Crippen molar-refractivity contribution < 1.29 is 9.90 Å². The molecule has 0 aliphatic carbocycles. The van der Waals surface area contributed by atoms with Crippen LogP contribution in [0, 0.1) is 0 Å². The van der Waals surface area contributed by atoms with E-state index in [1.54, 1.807) is 0 Å². The second-order valence-corrected chi connectivity index (χ2v) is 2.77. The number of likely N-dealkylation sites (tertiary alicyclic amines) is 1. The Morgan fingerprint density at radius 3 is 3.00 bits per heavy atom. The Hall–Kier alpha value is -0.670. The van der Waals surface area contributed by atoms with Crippen molar-refractivity contribution in [1.29, 1.82) is 0 Å². The normalized spacial score (nSPS) is 26.5. The van der Waals surface area contributed by atoms with E-state index in [-0.39, 0.29) is 6.10 Å². The molecule has 1 rings (SSSR count). The molecule has 0 bridgehead atoms. The molecule has 0 aromatic rings. The van der Waals surface area contributed by atoms with E-state index in [1.807, 2.05) is 6.08 Å². The number of aliphatic hydroxyl groups is 1. The van der Waals surface area contributed by atoms with Crippen molar-refractivity contribution in [2.45, 2.75) is 12.5 Å². The highest BCUT2D eigenvalue weighted by Gasteiger charge is 2.18. The van der Waals surface area contributed by atoms with E-state index in [9.17, 15) is 4.79 Å². The molecule has 3 heteroatoms. The number of aliphatic hydroxyl groups excluding tert-OH is 1. The molecule has 1 aliphatic heterocycles. The van der Waals surface area contributed by atoms with Crippen LogP contribution in [0.15, 0.2) is 12.2 Å². The smallest absolute Gasteiger partial charge is 0.142 e. The monoisotopic (exact) mass is 155 g/mol. The fourth-order valence-corrected chi connectivity index (χ4v) is 1.24. The van der Waals surface area contributed by atoms with Gasteiger partial charge in [0, 0.05) is 19.6 Å². The topological polar surface area (TPSA) is 40.5 Å². The summed E-state index contributed by atoms with van der Waals surface area (Å²) >= 11 is 0. The summed E-state index contributed by atoms with van der Waals surface area (Å²) in [7, 11) is 0. The molecule has 0 unspecified atom stereocenters. The summed E-state index contributed by atoms with van der Waals surface area (Å²) in [4.78, 5) is 12.0. The number of hydrogen-bond donors (Lipinski definition) is 1. The Bertz CT molecular complexity index is 156. The highest BCUT2D eigenvalue weighted by atomic mass is 16.3. The van der Waals surface area contributed by atoms with Gasteiger partial charge in [0.15, 0.2) is 0 Å². The van der Waals surface area contributed by atoms with E-state index in [1.165, 1.54) is 6.08 Å². The standard InChI is InChI=1S/C8H13NO2/c10-6-2-1-4-9-5-3-8(11)7-9/h1-2,6,8,11H,3-5,7H2/b2-1+/t8-/m1/s1. The summed E-state index contributed by atoms with van der Waals surface area (Å²) in [6.45, 7) is 2.45. The van der Waals surface area contributed by atoms with Crippen molar-refractivity contribution in [3.63, 3.8) is 0 Å². The van der Waals surface area contributed by atoms with Gasteiger partial charge in [-0.1, -0.05) is 6.08 Å². The molecule has 1 atom stereocenters. The molecule has 0 radical (unpaired) electrons. The van der Waals surface area contributed by atoms with Crippen LogP contribution in [0.3, 0.4) is 0 Å². The lowest BCUT2D eigenvalue weighted by Crippen LogP contribution is -2.21. The van der Waals surface area contributed by atoms with Gasteiger partial charge in [0.05, 0.1) is 6.10 Å². The third kappa shape index (κ3) is 2.82. The Labute approximate surface area is 66.3 Å². The van der Waals surface area contributed by atoms with Gasteiger partial charge in [0.2, 0.25) is 0 Å². The molecule has 62 valence electrons. The van der Waals surface area contributed by atoms with Crippen LogP contribution in [-0.4, -0.2) is 42.0 Å². The fourth-order valence-electron chi connectivity index (χ4n) is 1.24. The SMILES string of the molecule is O=C/C=C/CN1CC[C@@H](O)C1. The molecule has 1 saturated heterocycles. The molecule has 0 aromatic carbocycles. The summed E-state index contributed by atoms with van der Waals surface area (Å²) in [6, 6.07) is 0. The van der Waals surface area contributed by atoms with Crippen LogP contribution in [0.1, 0.15) is 6.42 Å². The molecule has 1 heterocycles. The molecule has 1 N–H and O–H groups in total. The zero-order chi connectivity index (χ0) is 8.10. The molecule has 0 aromatic heterocycles. The van der Waals surface area contributed by atoms with Crippen LogP contribution >= 0.6 is 0 Å². The zero-order valence-electron chi connectivity index (χ0n) is 6.44. The Balaban J connectivity index is 2.17. The van der Waals surface area contributed by atoms with E-state index in [0.29, 0.717) is 0 Å². The van der Waals surface area contributed by atoms with Gasteiger partial charge in [-0.3, -0.25) is 9.69 Å². The van der Waals surface area contributed by atoms with Gasteiger partial charge >= 0.3 is 0 Å². The van der Waals surface area contributed by atoms with Crippen LogP contribution in [0.2, 0.25) is 0 Å². The van der Waals surface area contributed by atoms with Crippen LogP contribution in [0.25, 0.3) is 0 Å². The highest BCUT2D eigenvalue weighted by Crippen LogP contribution is 2.07. The lowest BCUT2D eigenvalue weighted by atomic mass is 10.3. The summed E-state index contributed by atoms with van der Waals surface area (Å²) in [5.74, 6) is 0. The first kappa shape index (κ1) is 8.43. The lowest BCUT2D eigenvalue weighted by Gasteiger charge is -2.10. The molecule has 1 aliphatic rings. The number of β-amino-alcohol motifs (C(OH)–C–C–N with tert-alkyl or cyclic N) is 1. The molecular weight excluding hydrogens is 142 g/mol. The molecule has 3 nitrogen and oxygen atoms in total. The Morgan fingerprint density at radius 1 is 1.64 bits per heavy atom. The predicted octanol–water partition coefficient (Wildman–Crippen LogP) is -0.192.